The predicted octanol–water partition coefficient (Wildman–Crippen LogP) is 2.72. The van der Waals surface area contributed by atoms with E-state index in [1.165, 1.54) is 6.92 Å². The van der Waals surface area contributed by atoms with Gasteiger partial charge in [0.2, 0.25) is 0 Å². The molecule has 0 bridgehead atoms. The Morgan fingerprint density at radius 1 is 1.02 bits per heavy atom. The van der Waals surface area contributed by atoms with Crippen LogP contribution in [0.2, 0.25) is 0 Å². The Hall–Kier alpha value is -3.29. The van der Waals surface area contributed by atoms with E-state index in [2.05, 4.69) is 6.92 Å². The van der Waals surface area contributed by atoms with Crippen molar-refractivity contribution in [2.75, 3.05) is 6.54 Å². The molecule has 0 aromatic rings. The highest BCUT2D eigenvalue weighted by Crippen LogP contribution is 2.57. The quantitative estimate of drug-likeness (QED) is 0.0914. The van der Waals surface area contributed by atoms with Crippen molar-refractivity contribution in [3.8, 4) is 0 Å². The van der Waals surface area contributed by atoms with Gasteiger partial charge < -0.3 is 39.6 Å². The number of hydrogen-bond donors (Lipinski definition) is 3. The van der Waals surface area contributed by atoms with Crippen LogP contribution in [-0.2, 0) is 47.7 Å². The molecule has 0 aromatic heterocycles. The number of carbonyl (C=O) groups is 5. The van der Waals surface area contributed by atoms with Gasteiger partial charge in [0.25, 0.3) is 0 Å². The minimum absolute atomic E-state index is 0. The van der Waals surface area contributed by atoms with E-state index >= 15 is 0 Å². The maximum Gasteiger partial charge on any atom is 0.341 e. The second kappa shape index (κ2) is 15.1. The molecule has 46 heavy (non-hydrogen) atoms. The zero-order valence-corrected chi connectivity index (χ0v) is 27.2. The Kier molecular flexibility index (Phi) is 12.7. The molecular weight excluding hydrogens is 602 g/mol. The molecule has 0 radical (unpaired) electrons. The molecule has 3 rings (SSSR count). The van der Waals surface area contributed by atoms with Crippen LogP contribution in [0.5, 0.6) is 0 Å². The van der Waals surface area contributed by atoms with Crippen molar-refractivity contribution >= 4 is 29.8 Å². The van der Waals surface area contributed by atoms with Crippen LogP contribution in [0.4, 0.5) is 0 Å². The standard InChI is InChI=1S/C32H47NO12.CH4/c1-8-10-11-12-13-14-21(35)42-26-24-23(18(4)25(26)43-28(37)17(3)9-2)27-32(40,31(7,39)29(38)44-27)20(41-22(36)16-33)15-30(24,6)45-19(5)34;/h9,20,24-27,39-40H,8,10-16,33H2,1-7H3;1H4/b17-9-;/t20-,24+,25-,26-,27-,30-,31+,32+;/m0./s1. The number of carbonyl (C=O) groups excluding carboxylic acids is 5. The van der Waals surface area contributed by atoms with E-state index < -0.39 is 89.9 Å². The van der Waals surface area contributed by atoms with E-state index in [1.54, 1.807) is 26.8 Å². The van der Waals surface area contributed by atoms with E-state index in [1.807, 2.05) is 0 Å². The lowest BCUT2D eigenvalue weighted by Crippen LogP contribution is -2.64. The molecule has 13 heteroatoms. The third-order valence-electron chi connectivity index (χ3n) is 9.23. The van der Waals surface area contributed by atoms with Crippen molar-refractivity contribution < 1.29 is 57.9 Å². The highest BCUT2D eigenvalue weighted by Gasteiger charge is 2.76. The fraction of sp³-hybridized carbons (Fsp3) is 0.727. The van der Waals surface area contributed by atoms with Crippen molar-refractivity contribution in [2.24, 2.45) is 11.7 Å². The fourth-order valence-electron chi connectivity index (χ4n) is 6.68. The number of esters is 5. The summed E-state index contributed by atoms with van der Waals surface area (Å²) in [7, 11) is 0. The van der Waals surface area contributed by atoms with Crippen LogP contribution in [0, 0.1) is 5.92 Å². The van der Waals surface area contributed by atoms with E-state index in [9.17, 15) is 34.2 Å². The summed E-state index contributed by atoms with van der Waals surface area (Å²) in [5, 5.41) is 23.6. The number of allylic oxidation sites excluding steroid dienone is 1. The molecule has 1 saturated heterocycles. The fourth-order valence-corrected chi connectivity index (χ4v) is 6.68. The van der Waals surface area contributed by atoms with Gasteiger partial charge in [0, 0.05) is 25.3 Å². The SMILES string of the molecule is C.C/C=C(/C)C(=O)O[C@H]1C(C)=C2[C@H]([C@@H]1OC(=O)CCCCCCC)[C@@](C)(OC(C)=O)C[C@H](OC(=O)CN)[C@@]1(O)[C@H]2OC(=O)[C@@]1(C)O. The third kappa shape index (κ3) is 7.16. The number of hydrogen-bond acceptors (Lipinski definition) is 13. The first-order valence-corrected chi connectivity index (χ1v) is 15.5. The lowest BCUT2D eigenvalue weighted by atomic mass is 9.75. The molecule has 2 fully saturated rings. The highest BCUT2D eigenvalue weighted by molar-refractivity contribution is 5.88. The topological polar surface area (TPSA) is 198 Å². The van der Waals surface area contributed by atoms with Gasteiger partial charge in [-0.2, -0.15) is 0 Å². The molecule has 0 unspecified atom stereocenters. The predicted molar refractivity (Wildman–Crippen MR) is 165 cm³/mol. The minimum Gasteiger partial charge on any atom is -0.459 e. The van der Waals surface area contributed by atoms with Gasteiger partial charge in [-0.15, -0.1) is 0 Å². The molecule has 3 aliphatic rings. The molecule has 0 amide bonds. The molecule has 13 nitrogen and oxygen atoms in total. The summed E-state index contributed by atoms with van der Waals surface area (Å²) in [6.45, 7) is 9.89. The first-order chi connectivity index (χ1) is 21.0. The smallest absolute Gasteiger partial charge is 0.341 e. The van der Waals surface area contributed by atoms with E-state index in [4.69, 9.17) is 29.4 Å². The van der Waals surface area contributed by atoms with Crippen LogP contribution >= 0.6 is 0 Å². The molecule has 260 valence electrons. The summed E-state index contributed by atoms with van der Waals surface area (Å²) in [6, 6.07) is 0. The van der Waals surface area contributed by atoms with Crippen LogP contribution in [0.25, 0.3) is 0 Å². The van der Waals surface area contributed by atoms with Gasteiger partial charge in [0.15, 0.2) is 29.5 Å². The van der Waals surface area contributed by atoms with Crippen LogP contribution in [-0.4, -0.2) is 87.8 Å². The van der Waals surface area contributed by atoms with Crippen LogP contribution < -0.4 is 5.73 Å². The van der Waals surface area contributed by atoms with Crippen LogP contribution in [0.1, 0.15) is 101 Å². The van der Waals surface area contributed by atoms with Crippen molar-refractivity contribution in [3.63, 3.8) is 0 Å². The summed E-state index contributed by atoms with van der Waals surface area (Å²) in [6.07, 6.45) is -0.423. The summed E-state index contributed by atoms with van der Waals surface area (Å²) < 4.78 is 28.9. The Balaban J connectivity index is 0.00000736. The van der Waals surface area contributed by atoms with Gasteiger partial charge in [-0.1, -0.05) is 46.1 Å². The monoisotopic (exact) mass is 653 g/mol. The summed E-state index contributed by atoms with van der Waals surface area (Å²) in [4.78, 5) is 64.5. The van der Waals surface area contributed by atoms with Crippen molar-refractivity contribution in [2.45, 2.75) is 142 Å². The molecule has 0 aromatic carbocycles. The summed E-state index contributed by atoms with van der Waals surface area (Å²) >= 11 is 0. The highest BCUT2D eigenvalue weighted by atomic mass is 16.6. The number of nitrogens with two attached hydrogens (primary N) is 1. The molecule has 2 aliphatic carbocycles. The minimum atomic E-state index is -2.62. The first-order valence-electron chi connectivity index (χ1n) is 15.5. The molecule has 1 aliphatic heterocycles. The number of aliphatic hydroxyl groups is 2. The van der Waals surface area contributed by atoms with E-state index in [0.29, 0.717) is 6.42 Å². The lowest BCUT2D eigenvalue weighted by molar-refractivity contribution is -0.211. The maximum atomic E-state index is 13.3. The zero-order chi connectivity index (χ0) is 33.9. The second-order valence-corrected chi connectivity index (χ2v) is 12.5. The molecule has 1 heterocycles. The Morgan fingerprint density at radius 2 is 1.65 bits per heavy atom. The first kappa shape index (κ1) is 38.9. The molecular formula is C33H51NO12. The average Bonchev–Trinajstić information content (AvgIpc) is 3.30. The summed E-state index contributed by atoms with van der Waals surface area (Å²) in [5.41, 5.74) is -0.837. The Morgan fingerprint density at radius 3 is 2.22 bits per heavy atom. The van der Waals surface area contributed by atoms with Gasteiger partial charge >= 0.3 is 29.8 Å². The van der Waals surface area contributed by atoms with Gasteiger partial charge in [0.1, 0.15) is 11.7 Å². The molecule has 1 saturated carbocycles. The van der Waals surface area contributed by atoms with Crippen LogP contribution in [0.15, 0.2) is 22.8 Å². The Labute approximate surface area is 270 Å². The second-order valence-electron chi connectivity index (χ2n) is 12.5. The maximum absolute atomic E-state index is 13.3. The van der Waals surface area contributed by atoms with Gasteiger partial charge in [-0.05, 0) is 52.2 Å². The summed E-state index contributed by atoms with van der Waals surface area (Å²) in [5.74, 6) is -5.41. The number of fused-ring (bicyclic) bond motifs is 3. The van der Waals surface area contributed by atoms with Crippen molar-refractivity contribution in [1.82, 2.24) is 0 Å². The Bertz CT molecular complexity index is 1250. The molecule has 0 spiro atoms. The van der Waals surface area contributed by atoms with Gasteiger partial charge in [-0.25, -0.2) is 9.59 Å². The lowest BCUT2D eigenvalue weighted by Gasteiger charge is -2.41. The number of ether oxygens (including phenoxy) is 5. The molecule has 4 N–H and O–H groups in total. The normalized spacial score (nSPS) is 33.6. The van der Waals surface area contributed by atoms with E-state index in [-0.39, 0.29) is 30.6 Å². The van der Waals surface area contributed by atoms with Crippen molar-refractivity contribution in [1.29, 1.82) is 0 Å². The van der Waals surface area contributed by atoms with Gasteiger partial charge in [0.05, 0.1) is 12.5 Å². The van der Waals surface area contributed by atoms with Crippen LogP contribution in [0.3, 0.4) is 0 Å². The van der Waals surface area contributed by atoms with Crippen molar-refractivity contribution in [3.05, 3.63) is 22.8 Å². The zero-order valence-electron chi connectivity index (χ0n) is 27.2. The molecule has 8 atom stereocenters. The average molecular weight is 654 g/mol. The largest absolute Gasteiger partial charge is 0.459 e. The number of rotatable bonds is 12. The number of unbranched alkanes of at least 4 members (excludes halogenated alkanes) is 4. The van der Waals surface area contributed by atoms with E-state index in [0.717, 1.165) is 39.5 Å². The van der Waals surface area contributed by atoms with Gasteiger partial charge in [-0.3, -0.25) is 14.4 Å². The third-order valence-corrected chi connectivity index (χ3v) is 9.23.